The molecule has 1 aliphatic heterocycles. The fraction of sp³-hybridized carbons (Fsp3) is 0.500. The number of hydrogen-bond donors (Lipinski definition) is 5. The van der Waals surface area contributed by atoms with Crippen molar-refractivity contribution in [1.82, 2.24) is 19.5 Å². The molecule has 0 amide bonds. The Hall–Kier alpha value is -1.75. The van der Waals surface area contributed by atoms with Crippen LogP contribution in [-0.2, 0) is 28.2 Å². The van der Waals surface area contributed by atoms with E-state index < -0.39 is 49.4 Å². The minimum absolute atomic E-state index is 0.0789. The van der Waals surface area contributed by atoms with Crippen molar-refractivity contribution in [1.29, 1.82) is 0 Å². The van der Waals surface area contributed by atoms with E-state index in [0.717, 1.165) is 6.33 Å². The zero-order valence-electron chi connectivity index (χ0n) is 13.1. The van der Waals surface area contributed by atoms with Gasteiger partial charge in [0.25, 0.3) is 0 Å². The second kappa shape index (κ2) is 7.01. The Labute approximate surface area is 150 Å². The van der Waals surface area contributed by atoms with Crippen molar-refractivity contribution < 1.29 is 45.9 Å². The molecule has 0 aromatic carbocycles. The van der Waals surface area contributed by atoms with Crippen molar-refractivity contribution in [3.63, 3.8) is 0 Å². The molecule has 1 aliphatic rings. The molecule has 150 valence electrons. The Balaban J connectivity index is 1.76. The quantitative estimate of drug-likeness (QED) is 0.247. The smallest absolute Gasteiger partial charge is 0.387 e. The van der Waals surface area contributed by atoms with E-state index in [2.05, 4.69) is 23.4 Å². The molecule has 0 aliphatic carbocycles. The molecule has 3 rings (SSSR count). The second-order valence-corrected chi connectivity index (χ2v) is 8.04. The molecule has 5 atom stereocenters. The molecule has 3 heterocycles. The summed E-state index contributed by atoms with van der Waals surface area (Å²) in [5.74, 6) is 0.0789. The minimum atomic E-state index is -5.26. The molecule has 0 radical (unpaired) electrons. The third-order valence-electron chi connectivity index (χ3n) is 3.59. The van der Waals surface area contributed by atoms with Gasteiger partial charge in [-0.1, -0.05) is 0 Å². The number of anilines is 1. The summed E-state index contributed by atoms with van der Waals surface area (Å²) in [6.45, 7) is -0.845. The van der Waals surface area contributed by atoms with E-state index in [9.17, 15) is 28.1 Å². The van der Waals surface area contributed by atoms with Crippen molar-refractivity contribution in [2.45, 2.75) is 24.5 Å². The summed E-state index contributed by atoms with van der Waals surface area (Å²) in [6.07, 6.45) is -3.29. The number of ether oxygens (including phenoxy) is 1. The van der Waals surface area contributed by atoms with Gasteiger partial charge in [0.05, 0.1) is 12.9 Å². The highest BCUT2D eigenvalue weighted by atomic mass is 32.3. The number of nitrogens with two attached hydrogens (primary N) is 1. The minimum Gasteiger partial charge on any atom is -0.387 e. The first-order chi connectivity index (χ1) is 12.5. The van der Waals surface area contributed by atoms with Crippen LogP contribution in [0.2, 0.25) is 0 Å². The van der Waals surface area contributed by atoms with Gasteiger partial charge in [0.15, 0.2) is 17.7 Å². The molecule has 15 nitrogen and oxygen atoms in total. The largest absolute Gasteiger partial charge is 0.488 e. The lowest BCUT2D eigenvalue weighted by molar-refractivity contribution is -0.0501. The van der Waals surface area contributed by atoms with Crippen molar-refractivity contribution in [3.05, 3.63) is 12.7 Å². The molecule has 1 unspecified atom stereocenters. The zero-order chi connectivity index (χ0) is 20.0. The standard InChI is InChI=1S/C10H14N5O10PS/c11-8-5-9(13-2-12-8)15(3-14-5)10-7(17)6(16)4(24-10)1-23-26(18,19)25-27(20,21)22/h2-4,6-7,10,16-17H,1H2,(H,18,19)(H2,11,12,13)(H,20,21,22)/t4-,6+,7+,10-/m1/s1. The number of phosphoric acid groups is 1. The highest BCUT2D eigenvalue weighted by Gasteiger charge is 2.45. The van der Waals surface area contributed by atoms with Crippen LogP contribution in [0.15, 0.2) is 12.7 Å². The van der Waals surface area contributed by atoms with Gasteiger partial charge < -0.3 is 25.6 Å². The van der Waals surface area contributed by atoms with Crippen LogP contribution in [0.25, 0.3) is 11.2 Å². The lowest BCUT2D eigenvalue weighted by atomic mass is 10.1. The van der Waals surface area contributed by atoms with Gasteiger partial charge in [-0.25, -0.2) is 19.5 Å². The van der Waals surface area contributed by atoms with Crippen molar-refractivity contribution >= 4 is 35.2 Å². The predicted octanol–water partition coefficient (Wildman–Crippen LogP) is -2.04. The highest BCUT2D eigenvalue weighted by molar-refractivity contribution is 7.85. The lowest BCUT2D eigenvalue weighted by Crippen LogP contribution is -2.33. The summed E-state index contributed by atoms with van der Waals surface area (Å²) in [5, 5.41) is 20.2. The number of nitrogen functional groups attached to an aromatic ring is 1. The fourth-order valence-electron chi connectivity index (χ4n) is 2.46. The number of nitrogens with zero attached hydrogens (tertiary/aromatic N) is 4. The van der Waals surface area contributed by atoms with E-state index in [1.165, 1.54) is 10.9 Å². The maximum Gasteiger partial charge on any atom is 0.488 e. The normalized spacial score (nSPS) is 28.4. The first-order valence-electron chi connectivity index (χ1n) is 7.09. The topological polar surface area (TPSA) is 229 Å². The van der Waals surface area contributed by atoms with E-state index >= 15 is 0 Å². The van der Waals surface area contributed by atoms with E-state index in [4.69, 9.17) is 15.0 Å². The summed E-state index contributed by atoms with van der Waals surface area (Å²) in [6, 6.07) is 0. The van der Waals surface area contributed by atoms with E-state index in [1.807, 2.05) is 0 Å². The molecule has 2 aromatic heterocycles. The Bertz CT molecular complexity index is 997. The number of fused-ring (bicyclic) bond motifs is 1. The first-order valence-corrected chi connectivity index (χ1v) is 9.95. The van der Waals surface area contributed by atoms with Crippen molar-refractivity contribution in [2.24, 2.45) is 0 Å². The van der Waals surface area contributed by atoms with Gasteiger partial charge >= 0.3 is 18.2 Å². The fourth-order valence-corrected chi connectivity index (χ4v) is 3.92. The summed E-state index contributed by atoms with van der Waals surface area (Å²) in [7, 11) is -10.5. The van der Waals surface area contributed by atoms with Gasteiger partial charge in [-0.3, -0.25) is 13.6 Å². The van der Waals surface area contributed by atoms with Gasteiger partial charge in [-0.15, -0.1) is 3.97 Å². The molecule has 0 spiro atoms. The Morgan fingerprint density at radius 1 is 1.30 bits per heavy atom. The molecule has 6 N–H and O–H groups in total. The number of aliphatic hydroxyl groups is 2. The van der Waals surface area contributed by atoms with E-state index in [0.29, 0.717) is 0 Å². The van der Waals surface area contributed by atoms with Crippen LogP contribution in [0.1, 0.15) is 6.23 Å². The summed E-state index contributed by atoms with van der Waals surface area (Å²) in [5.41, 5.74) is 6.08. The predicted molar refractivity (Wildman–Crippen MR) is 84.1 cm³/mol. The summed E-state index contributed by atoms with van der Waals surface area (Å²) in [4.78, 5) is 20.9. The maximum absolute atomic E-state index is 11.4. The molecule has 1 fully saturated rings. The van der Waals surface area contributed by atoms with E-state index in [-0.39, 0.29) is 17.0 Å². The Morgan fingerprint density at radius 2 is 2.00 bits per heavy atom. The molecule has 27 heavy (non-hydrogen) atoms. The number of imidazole rings is 1. The SMILES string of the molecule is Nc1ncnc2c1ncn2[C@@H]1O[C@H](COP(=O)(O)OS(=O)(=O)O)[C@H](O)[C@@H]1O. The molecular formula is C10H14N5O10PS. The number of aromatic nitrogens is 4. The van der Waals surface area contributed by atoms with Crippen LogP contribution >= 0.6 is 7.82 Å². The van der Waals surface area contributed by atoms with Gasteiger partial charge in [-0.2, -0.15) is 8.42 Å². The maximum atomic E-state index is 11.4. The van der Waals surface area contributed by atoms with Crippen molar-refractivity contribution in [2.75, 3.05) is 12.3 Å². The van der Waals surface area contributed by atoms with Crippen LogP contribution < -0.4 is 5.73 Å². The average molecular weight is 427 g/mol. The molecule has 2 aromatic rings. The zero-order valence-corrected chi connectivity index (χ0v) is 14.8. The Kier molecular flexibility index (Phi) is 5.19. The van der Waals surface area contributed by atoms with Gasteiger partial charge in [-0.05, 0) is 0 Å². The second-order valence-electron chi connectivity index (χ2n) is 5.40. The molecule has 17 heteroatoms. The lowest BCUT2D eigenvalue weighted by Gasteiger charge is -2.16. The van der Waals surface area contributed by atoms with Crippen LogP contribution in [0.4, 0.5) is 5.82 Å². The van der Waals surface area contributed by atoms with Crippen molar-refractivity contribution in [3.8, 4) is 0 Å². The van der Waals surface area contributed by atoms with Gasteiger partial charge in [0.2, 0.25) is 0 Å². The number of rotatable bonds is 6. The van der Waals surface area contributed by atoms with Crippen LogP contribution in [-0.4, -0.2) is 72.5 Å². The number of hydrogen-bond acceptors (Lipinski definition) is 12. The third kappa shape index (κ3) is 4.23. The number of aliphatic hydroxyl groups excluding tert-OH is 2. The van der Waals surface area contributed by atoms with Gasteiger partial charge in [0, 0.05) is 0 Å². The molecule has 0 saturated carbocycles. The monoisotopic (exact) mass is 427 g/mol. The molecule has 0 bridgehead atoms. The highest BCUT2D eigenvalue weighted by Crippen LogP contribution is 2.45. The first kappa shape index (κ1) is 20.0. The van der Waals surface area contributed by atoms with Crippen LogP contribution in [0, 0.1) is 0 Å². The molecular weight excluding hydrogens is 413 g/mol. The summed E-state index contributed by atoms with van der Waals surface area (Å²) >= 11 is 0. The number of phosphoric ester groups is 1. The third-order valence-corrected chi connectivity index (χ3v) is 5.57. The molecule has 1 saturated heterocycles. The Morgan fingerprint density at radius 3 is 2.67 bits per heavy atom. The van der Waals surface area contributed by atoms with Crippen LogP contribution in [0.3, 0.4) is 0 Å². The van der Waals surface area contributed by atoms with E-state index in [1.54, 1.807) is 0 Å². The average Bonchev–Trinajstić information content (AvgIpc) is 3.07. The van der Waals surface area contributed by atoms with Gasteiger partial charge in [0.1, 0.15) is 30.2 Å². The van der Waals surface area contributed by atoms with Crippen LogP contribution in [0.5, 0.6) is 0 Å². The summed E-state index contributed by atoms with van der Waals surface area (Å²) < 4.78 is 55.3.